The van der Waals surface area contributed by atoms with E-state index < -0.39 is 9.84 Å². The van der Waals surface area contributed by atoms with Gasteiger partial charge in [0.25, 0.3) is 5.91 Å². The molecule has 0 aromatic carbocycles. The van der Waals surface area contributed by atoms with Crippen molar-refractivity contribution in [3.8, 4) is 0 Å². The van der Waals surface area contributed by atoms with Crippen molar-refractivity contribution in [2.45, 2.75) is 25.3 Å². The quantitative estimate of drug-likeness (QED) is 0.828. The Morgan fingerprint density at radius 2 is 2.09 bits per heavy atom. The van der Waals surface area contributed by atoms with Crippen LogP contribution in [0.15, 0.2) is 18.3 Å². The summed E-state index contributed by atoms with van der Waals surface area (Å²) in [6.45, 7) is 2.02. The van der Waals surface area contributed by atoms with Crippen LogP contribution in [-0.2, 0) is 9.84 Å². The molecule has 0 saturated carbocycles. The summed E-state index contributed by atoms with van der Waals surface area (Å²) in [5.41, 5.74) is 1.40. The Kier molecular flexibility index (Phi) is 4.08. The van der Waals surface area contributed by atoms with Crippen LogP contribution in [0.2, 0.25) is 0 Å². The molecule has 120 valence electrons. The lowest BCUT2D eigenvalue weighted by Crippen LogP contribution is -2.38. The Labute approximate surface area is 131 Å². The molecule has 3 rings (SSSR count). The first-order valence-electron chi connectivity index (χ1n) is 7.65. The minimum absolute atomic E-state index is 0.0566. The molecular formula is C15H21N3O3S. The first kappa shape index (κ1) is 15.3. The van der Waals surface area contributed by atoms with Gasteiger partial charge in [-0.25, -0.2) is 8.42 Å². The lowest BCUT2D eigenvalue weighted by Gasteiger charge is -2.24. The van der Waals surface area contributed by atoms with Crippen molar-refractivity contribution in [2.75, 3.05) is 36.5 Å². The molecule has 0 radical (unpaired) electrons. The Morgan fingerprint density at radius 3 is 2.73 bits per heavy atom. The van der Waals surface area contributed by atoms with Gasteiger partial charge < -0.3 is 9.80 Å². The zero-order valence-corrected chi connectivity index (χ0v) is 13.6. The minimum atomic E-state index is -3.00. The normalized spacial score (nSPS) is 23.7. The van der Waals surface area contributed by atoms with Crippen molar-refractivity contribution >= 4 is 21.4 Å². The highest BCUT2D eigenvalue weighted by Gasteiger charge is 2.33. The van der Waals surface area contributed by atoms with Crippen molar-refractivity contribution in [2.24, 2.45) is 0 Å². The SMILES string of the molecule is CN(C(=O)c1cc(N2CCCC2)ccn1)C1CCS(=O)(=O)C1. The molecule has 0 N–H and O–H groups in total. The number of nitrogens with zero attached hydrogens (tertiary/aromatic N) is 3. The van der Waals surface area contributed by atoms with Crippen LogP contribution in [0.25, 0.3) is 0 Å². The second-order valence-corrected chi connectivity index (χ2v) is 8.30. The van der Waals surface area contributed by atoms with Crippen LogP contribution in [0.4, 0.5) is 5.69 Å². The molecule has 6 nitrogen and oxygen atoms in total. The number of carbonyl (C=O) groups excluding carboxylic acids is 1. The van der Waals surface area contributed by atoms with Crippen molar-refractivity contribution < 1.29 is 13.2 Å². The Balaban J connectivity index is 1.75. The molecule has 2 aliphatic heterocycles. The third-order valence-electron chi connectivity index (χ3n) is 4.51. The molecule has 22 heavy (non-hydrogen) atoms. The summed E-state index contributed by atoms with van der Waals surface area (Å²) >= 11 is 0. The number of anilines is 1. The van der Waals surface area contributed by atoms with Crippen LogP contribution >= 0.6 is 0 Å². The van der Waals surface area contributed by atoms with Gasteiger partial charge in [-0.2, -0.15) is 0 Å². The molecular weight excluding hydrogens is 302 g/mol. The number of carbonyl (C=O) groups is 1. The molecule has 3 heterocycles. The summed E-state index contributed by atoms with van der Waals surface area (Å²) in [7, 11) is -1.34. The second-order valence-electron chi connectivity index (χ2n) is 6.07. The van der Waals surface area contributed by atoms with Crippen molar-refractivity contribution in [3.63, 3.8) is 0 Å². The highest BCUT2D eigenvalue weighted by Crippen LogP contribution is 2.22. The van der Waals surface area contributed by atoms with Gasteiger partial charge in [-0.15, -0.1) is 0 Å². The average molecular weight is 323 g/mol. The van der Waals surface area contributed by atoms with Crippen molar-refractivity contribution in [1.29, 1.82) is 0 Å². The predicted octanol–water partition coefficient (Wildman–Crippen LogP) is 0.941. The first-order valence-corrected chi connectivity index (χ1v) is 9.47. The van der Waals surface area contributed by atoms with Gasteiger partial charge in [0.2, 0.25) is 0 Å². The molecule has 0 spiro atoms. The topological polar surface area (TPSA) is 70.6 Å². The van der Waals surface area contributed by atoms with Crippen LogP contribution in [0.1, 0.15) is 29.8 Å². The molecule has 0 bridgehead atoms. The van der Waals surface area contributed by atoms with E-state index in [-0.39, 0.29) is 23.5 Å². The van der Waals surface area contributed by atoms with Crippen LogP contribution in [0, 0.1) is 0 Å². The highest BCUT2D eigenvalue weighted by molar-refractivity contribution is 7.91. The number of hydrogen-bond donors (Lipinski definition) is 0. The minimum Gasteiger partial charge on any atom is -0.371 e. The summed E-state index contributed by atoms with van der Waals surface area (Å²) in [6, 6.07) is 3.49. The van der Waals surface area contributed by atoms with Gasteiger partial charge in [0.1, 0.15) is 5.69 Å². The molecule has 1 aromatic rings. The first-order chi connectivity index (χ1) is 10.5. The van der Waals surface area contributed by atoms with E-state index in [1.807, 2.05) is 12.1 Å². The number of aromatic nitrogens is 1. The molecule has 1 unspecified atom stereocenters. The van der Waals surface area contributed by atoms with Gasteiger partial charge in [-0.05, 0) is 31.4 Å². The van der Waals surface area contributed by atoms with Crippen molar-refractivity contribution in [3.05, 3.63) is 24.0 Å². The van der Waals surface area contributed by atoms with E-state index in [0.29, 0.717) is 12.1 Å². The van der Waals surface area contributed by atoms with Gasteiger partial charge in [-0.1, -0.05) is 0 Å². The molecule has 7 heteroatoms. The third-order valence-corrected chi connectivity index (χ3v) is 6.26. The molecule has 1 atom stereocenters. The van der Waals surface area contributed by atoms with E-state index in [4.69, 9.17) is 0 Å². The van der Waals surface area contributed by atoms with E-state index in [1.54, 1.807) is 13.2 Å². The molecule has 2 aliphatic rings. The summed E-state index contributed by atoms with van der Waals surface area (Å²) < 4.78 is 23.1. The molecule has 2 fully saturated rings. The largest absolute Gasteiger partial charge is 0.371 e. The average Bonchev–Trinajstić information content (AvgIpc) is 3.15. The highest BCUT2D eigenvalue weighted by atomic mass is 32.2. The fraction of sp³-hybridized carbons (Fsp3) is 0.600. The van der Waals surface area contributed by atoms with Gasteiger partial charge >= 0.3 is 0 Å². The van der Waals surface area contributed by atoms with Gasteiger partial charge in [-0.3, -0.25) is 9.78 Å². The monoisotopic (exact) mass is 323 g/mol. The van der Waals surface area contributed by atoms with E-state index in [0.717, 1.165) is 18.8 Å². The van der Waals surface area contributed by atoms with E-state index >= 15 is 0 Å². The lowest BCUT2D eigenvalue weighted by atomic mass is 10.2. The van der Waals surface area contributed by atoms with Crippen LogP contribution in [0.3, 0.4) is 0 Å². The summed E-state index contributed by atoms with van der Waals surface area (Å²) in [6.07, 6.45) is 4.51. The summed E-state index contributed by atoms with van der Waals surface area (Å²) in [5.74, 6) is 0.0144. The molecule has 1 aromatic heterocycles. The Hall–Kier alpha value is -1.63. The Morgan fingerprint density at radius 1 is 1.36 bits per heavy atom. The smallest absolute Gasteiger partial charge is 0.272 e. The fourth-order valence-electron chi connectivity index (χ4n) is 3.14. The van der Waals surface area contributed by atoms with Crippen molar-refractivity contribution in [1.82, 2.24) is 9.88 Å². The fourth-order valence-corrected chi connectivity index (χ4v) is 4.91. The second kappa shape index (κ2) is 5.87. The maximum absolute atomic E-state index is 12.6. The van der Waals surface area contributed by atoms with Gasteiger partial charge in [0, 0.05) is 38.1 Å². The van der Waals surface area contributed by atoms with Gasteiger partial charge in [0.05, 0.1) is 11.5 Å². The van der Waals surface area contributed by atoms with E-state index in [1.165, 1.54) is 17.7 Å². The maximum Gasteiger partial charge on any atom is 0.272 e. The van der Waals surface area contributed by atoms with Gasteiger partial charge in [0.15, 0.2) is 9.84 Å². The number of sulfone groups is 1. The molecule has 1 amide bonds. The zero-order chi connectivity index (χ0) is 15.7. The van der Waals surface area contributed by atoms with E-state index in [2.05, 4.69) is 9.88 Å². The zero-order valence-electron chi connectivity index (χ0n) is 12.7. The predicted molar refractivity (Wildman–Crippen MR) is 84.8 cm³/mol. The number of rotatable bonds is 3. The van der Waals surface area contributed by atoms with E-state index in [9.17, 15) is 13.2 Å². The number of hydrogen-bond acceptors (Lipinski definition) is 5. The van der Waals surface area contributed by atoms with Crippen LogP contribution in [0.5, 0.6) is 0 Å². The van der Waals surface area contributed by atoms with Crippen LogP contribution < -0.4 is 4.90 Å². The maximum atomic E-state index is 12.6. The standard InChI is InChI=1S/C15H21N3O3S/c1-17(13-5-9-22(20,21)11-13)15(19)14-10-12(4-6-16-14)18-7-2-3-8-18/h4,6,10,13H,2-3,5,7-9,11H2,1H3. The number of amides is 1. The summed E-state index contributed by atoms with van der Waals surface area (Å²) in [4.78, 5) is 20.5. The molecule has 0 aliphatic carbocycles. The Bertz CT molecular complexity index is 668. The van der Waals surface area contributed by atoms with Crippen LogP contribution in [-0.4, -0.2) is 61.9 Å². The molecule has 2 saturated heterocycles. The number of pyridine rings is 1. The lowest BCUT2D eigenvalue weighted by molar-refractivity contribution is 0.0742. The third kappa shape index (κ3) is 3.09. The summed E-state index contributed by atoms with van der Waals surface area (Å²) in [5, 5.41) is 0.